The monoisotopic (exact) mass is 209 g/mol. The maximum absolute atomic E-state index is 10.6. The Labute approximate surface area is 88.7 Å². The number of nitrogens with two attached hydrogens (primary N) is 1. The molecule has 4 nitrogen and oxygen atoms in total. The number of hydrogen-bond acceptors (Lipinski definition) is 3. The molecule has 0 aliphatic carbocycles. The molecule has 0 saturated heterocycles. The van der Waals surface area contributed by atoms with Gasteiger partial charge >= 0.3 is 5.97 Å². The fraction of sp³-hybridized carbons (Fsp3) is 0.364. The predicted octanol–water partition coefficient (Wildman–Crippen LogP) is 1.50. The van der Waals surface area contributed by atoms with E-state index < -0.39 is 5.97 Å². The van der Waals surface area contributed by atoms with Crippen LogP contribution in [0.5, 0.6) is 5.75 Å². The molecule has 0 heterocycles. The van der Waals surface area contributed by atoms with Crippen LogP contribution in [-0.4, -0.2) is 24.2 Å². The topological polar surface area (TPSA) is 72.5 Å². The Kier molecular flexibility index (Phi) is 4.63. The van der Waals surface area contributed by atoms with Crippen molar-refractivity contribution in [2.75, 3.05) is 13.2 Å². The van der Waals surface area contributed by atoms with Crippen LogP contribution in [0.15, 0.2) is 24.3 Å². The van der Waals surface area contributed by atoms with E-state index in [0.29, 0.717) is 18.9 Å². The summed E-state index contributed by atoms with van der Waals surface area (Å²) in [6.45, 7) is 1.28. The van der Waals surface area contributed by atoms with Crippen molar-refractivity contribution < 1.29 is 14.6 Å². The molecule has 0 bridgehead atoms. The van der Waals surface area contributed by atoms with E-state index in [1.54, 1.807) is 12.1 Å². The minimum atomic E-state index is -0.926. The highest BCUT2D eigenvalue weighted by atomic mass is 16.5. The number of ether oxygens (including phenoxy) is 1. The lowest BCUT2D eigenvalue weighted by Gasteiger charge is -2.05. The van der Waals surface area contributed by atoms with E-state index in [9.17, 15) is 4.79 Å². The Balaban J connectivity index is 2.39. The van der Waals surface area contributed by atoms with Crippen LogP contribution in [0.1, 0.15) is 23.2 Å². The summed E-state index contributed by atoms with van der Waals surface area (Å²) in [7, 11) is 0. The zero-order valence-electron chi connectivity index (χ0n) is 8.48. The fourth-order valence-corrected chi connectivity index (χ4v) is 1.13. The van der Waals surface area contributed by atoms with E-state index in [4.69, 9.17) is 15.6 Å². The van der Waals surface area contributed by atoms with Crippen molar-refractivity contribution in [3.05, 3.63) is 29.8 Å². The molecule has 1 rings (SSSR count). The third kappa shape index (κ3) is 3.99. The summed E-state index contributed by atoms with van der Waals surface area (Å²) in [6, 6.07) is 6.37. The van der Waals surface area contributed by atoms with E-state index in [1.807, 2.05) is 0 Å². The Morgan fingerprint density at radius 3 is 2.47 bits per heavy atom. The van der Waals surface area contributed by atoms with Crippen molar-refractivity contribution in [2.45, 2.75) is 12.8 Å². The minimum Gasteiger partial charge on any atom is -0.494 e. The molecule has 0 aliphatic heterocycles. The molecule has 3 N–H and O–H groups in total. The molecule has 1 aromatic rings. The maximum Gasteiger partial charge on any atom is 0.335 e. The quantitative estimate of drug-likeness (QED) is 0.696. The van der Waals surface area contributed by atoms with E-state index in [-0.39, 0.29) is 5.56 Å². The summed E-state index contributed by atoms with van der Waals surface area (Å²) in [5.41, 5.74) is 5.61. The van der Waals surface area contributed by atoms with Gasteiger partial charge in [0.05, 0.1) is 12.2 Å². The number of rotatable bonds is 6. The molecule has 82 valence electrons. The molecule has 0 aliphatic rings. The summed E-state index contributed by atoms with van der Waals surface area (Å²) in [5, 5.41) is 8.67. The Hall–Kier alpha value is -1.55. The SMILES string of the molecule is NCCCCOc1ccc(C(=O)O)cc1. The molecule has 0 unspecified atom stereocenters. The molecule has 0 saturated carbocycles. The number of carboxylic acids is 1. The number of unbranched alkanes of at least 4 members (excludes halogenated alkanes) is 1. The molecule has 1 aromatic carbocycles. The van der Waals surface area contributed by atoms with Gasteiger partial charge in [0.1, 0.15) is 5.75 Å². The average molecular weight is 209 g/mol. The summed E-state index contributed by atoms with van der Waals surface area (Å²) >= 11 is 0. The first kappa shape index (κ1) is 11.5. The number of benzene rings is 1. The molecule has 15 heavy (non-hydrogen) atoms. The van der Waals surface area contributed by atoms with Gasteiger partial charge in [-0.1, -0.05) is 0 Å². The van der Waals surface area contributed by atoms with Gasteiger partial charge in [0.15, 0.2) is 0 Å². The van der Waals surface area contributed by atoms with Gasteiger partial charge in [-0.25, -0.2) is 4.79 Å². The zero-order valence-corrected chi connectivity index (χ0v) is 8.48. The highest BCUT2D eigenvalue weighted by Gasteiger charge is 2.01. The van der Waals surface area contributed by atoms with Crippen LogP contribution in [-0.2, 0) is 0 Å². The van der Waals surface area contributed by atoms with Gasteiger partial charge in [-0.15, -0.1) is 0 Å². The molecule has 0 fully saturated rings. The third-order valence-electron chi connectivity index (χ3n) is 1.97. The lowest BCUT2D eigenvalue weighted by Crippen LogP contribution is -2.03. The number of aromatic carboxylic acids is 1. The van der Waals surface area contributed by atoms with Crippen LogP contribution < -0.4 is 10.5 Å². The molecular formula is C11H15NO3. The lowest BCUT2D eigenvalue weighted by atomic mass is 10.2. The molecule has 0 spiro atoms. The van der Waals surface area contributed by atoms with Gasteiger partial charge in [0.2, 0.25) is 0 Å². The fourth-order valence-electron chi connectivity index (χ4n) is 1.13. The number of carbonyl (C=O) groups is 1. The highest BCUT2D eigenvalue weighted by molar-refractivity contribution is 5.87. The van der Waals surface area contributed by atoms with Crippen LogP contribution in [0.4, 0.5) is 0 Å². The lowest BCUT2D eigenvalue weighted by molar-refractivity contribution is 0.0697. The summed E-state index contributed by atoms with van der Waals surface area (Å²) < 4.78 is 5.39. The van der Waals surface area contributed by atoms with Gasteiger partial charge in [-0.2, -0.15) is 0 Å². The highest BCUT2D eigenvalue weighted by Crippen LogP contribution is 2.12. The average Bonchev–Trinajstić information content (AvgIpc) is 2.25. The van der Waals surface area contributed by atoms with Gasteiger partial charge in [0.25, 0.3) is 0 Å². The van der Waals surface area contributed by atoms with Crippen molar-refractivity contribution in [2.24, 2.45) is 5.73 Å². The van der Waals surface area contributed by atoms with Crippen LogP contribution in [0.3, 0.4) is 0 Å². The van der Waals surface area contributed by atoms with Crippen LogP contribution in [0.2, 0.25) is 0 Å². The van der Waals surface area contributed by atoms with Crippen LogP contribution in [0, 0.1) is 0 Å². The van der Waals surface area contributed by atoms with Crippen molar-refractivity contribution in [1.82, 2.24) is 0 Å². The first-order valence-corrected chi connectivity index (χ1v) is 4.90. The summed E-state index contributed by atoms with van der Waals surface area (Å²) in [5.74, 6) is -0.235. The summed E-state index contributed by atoms with van der Waals surface area (Å²) in [6.07, 6.45) is 1.85. The molecule has 4 heteroatoms. The van der Waals surface area contributed by atoms with Gasteiger partial charge in [-0.3, -0.25) is 0 Å². The molecular weight excluding hydrogens is 194 g/mol. The second kappa shape index (κ2) is 6.03. The van der Waals surface area contributed by atoms with Gasteiger partial charge < -0.3 is 15.6 Å². The largest absolute Gasteiger partial charge is 0.494 e. The maximum atomic E-state index is 10.6. The molecule has 0 amide bonds. The number of carboxylic acid groups (broad SMARTS) is 1. The molecule has 0 radical (unpaired) electrons. The Bertz CT molecular complexity index is 308. The van der Waals surface area contributed by atoms with E-state index in [2.05, 4.69) is 0 Å². The van der Waals surface area contributed by atoms with Crippen LogP contribution >= 0.6 is 0 Å². The van der Waals surface area contributed by atoms with Gasteiger partial charge in [0, 0.05) is 0 Å². The van der Waals surface area contributed by atoms with Crippen molar-refractivity contribution in [3.63, 3.8) is 0 Å². The Morgan fingerprint density at radius 1 is 1.27 bits per heavy atom. The van der Waals surface area contributed by atoms with E-state index >= 15 is 0 Å². The molecule has 0 atom stereocenters. The summed E-state index contributed by atoms with van der Waals surface area (Å²) in [4.78, 5) is 10.6. The second-order valence-electron chi connectivity index (χ2n) is 3.17. The zero-order chi connectivity index (χ0) is 11.1. The van der Waals surface area contributed by atoms with E-state index in [1.165, 1.54) is 12.1 Å². The predicted molar refractivity (Wildman–Crippen MR) is 57.2 cm³/mol. The first-order chi connectivity index (χ1) is 7.24. The van der Waals surface area contributed by atoms with Crippen molar-refractivity contribution in [1.29, 1.82) is 0 Å². The standard InChI is InChI=1S/C11H15NO3/c12-7-1-2-8-15-10-5-3-9(4-6-10)11(13)14/h3-6H,1-2,7-8,12H2,(H,13,14). The van der Waals surface area contributed by atoms with Crippen LogP contribution in [0.25, 0.3) is 0 Å². The van der Waals surface area contributed by atoms with Gasteiger partial charge in [-0.05, 0) is 43.7 Å². The first-order valence-electron chi connectivity index (χ1n) is 4.90. The minimum absolute atomic E-state index is 0.268. The normalized spacial score (nSPS) is 9.93. The number of hydrogen-bond donors (Lipinski definition) is 2. The van der Waals surface area contributed by atoms with E-state index in [0.717, 1.165) is 12.8 Å². The molecule has 0 aromatic heterocycles. The third-order valence-corrected chi connectivity index (χ3v) is 1.97. The van der Waals surface area contributed by atoms with Crippen molar-refractivity contribution >= 4 is 5.97 Å². The Morgan fingerprint density at radius 2 is 1.93 bits per heavy atom. The smallest absolute Gasteiger partial charge is 0.335 e. The van der Waals surface area contributed by atoms with Crippen molar-refractivity contribution in [3.8, 4) is 5.75 Å². The second-order valence-corrected chi connectivity index (χ2v) is 3.17.